The molecule has 0 aromatic rings. The summed E-state index contributed by atoms with van der Waals surface area (Å²) in [5.74, 6) is 0. The molecule has 0 unspecified atom stereocenters. The maximum absolute atomic E-state index is 9.45. The number of allylic oxidation sites excluding steroid dienone is 2. The molecule has 0 aromatic carbocycles. The zero-order valence-electron chi connectivity index (χ0n) is 4.16. The van der Waals surface area contributed by atoms with E-state index in [1.807, 2.05) is 6.92 Å². The summed E-state index contributed by atoms with van der Waals surface area (Å²) in [6.45, 7) is 1.86. The van der Waals surface area contributed by atoms with Crippen LogP contribution in [0, 0.1) is 0 Å². The maximum Gasteiger partial charge on any atom is 0.232 e. The Hall–Kier alpha value is -0.920. The zero-order chi connectivity index (χ0) is 5.54. The molecule has 38 valence electrons. The summed E-state index contributed by atoms with van der Waals surface area (Å²) < 4.78 is 0. The lowest BCUT2D eigenvalue weighted by molar-refractivity contribution is -0.106. The molecule has 1 amide bonds. The third-order valence-electron chi connectivity index (χ3n) is 0.425. The second-order valence-corrected chi connectivity index (χ2v) is 0.929. The van der Waals surface area contributed by atoms with Crippen molar-refractivity contribution < 1.29 is 4.79 Å². The molecule has 0 aromatic heterocycles. The van der Waals surface area contributed by atoms with E-state index in [0.717, 1.165) is 0 Å². The molecular formula is C5H7NO. The Morgan fingerprint density at radius 2 is 2.29 bits per heavy atom. The molecule has 0 aliphatic heterocycles. The van der Waals surface area contributed by atoms with Crippen LogP contribution in [0.1, 0.15) is 6.92 Å². The molecule has 0 N–H and O–H groups in total. The highest BCUT2D eigenvalue weighted by Gasteiger charge is 1.55. The summed E-state index contributed by atoms with van der Waals surface area (Å²) >= 11 is 0. The van der Waals surface area contributed by atoms with Gasteiger partial charge in [0.15, 0.2) is 0 Å². The minimum absolute atomic E-state index is 0.500. The number of rotatable bonds is 2. The van der Waals surface area contributed by atoms with Gasteiger partial charge in [0.2, 0.25) is 6.41 Å². The van der Waals surface area contributed by atoms with Gasteiger partial charge in [-0.15, -0.1) is 0 Å². The normalized spacial score (nSPS) is 11.0. The van der Waals surface area contributed by atoms with E-state index in [2.05, 4.69) is 4.99 Å². The van der Waals surface area contributed by atoms with Gasteiger partial charge in [0.1, 0.15) is 0 Å². The molecule has 0 spiro atoms. The Kier molecular flexibility index (Phi) is 4.41. The monoisotopic (exact) mass is 97.1 g/mol. The predicted octanol–water partition coefficient (Wildman–Crippen LogP) is 0.790. The van der Waals surface area contributed by atoms with E-state index in [0.29, 0.717) is 6.41 Å². The Balaban J connectivity index is 3.27. The molecule has 0 fully saturated rings. The number of carbonyl (C=O) groups excluding carboxylic acids is 1. The average Bonchev–Trinajstić information content (AvgIpc) is 1.69. The fraction of sp³-hybridized carbons (Fsp3) is 0.200. The minimum Gasteiger partial charge on any atom is -0.276 e. The van der Waals surface area contributed by atoms with Crippen LogP contribution in [-0.4, -0.2) is 12.6 Å². The van der Waals surface area contributed by atoms with Crippen molar-refractivity contribution in [2.24, 2.45) is 4.99 Å². The molecule has 7 heavy (non-hydrogen) atoms. The van der Waals surface area contributed by atoms with Gasteiger partial charge >= 0.3 is 0 Å². The van der Waals surface area contributed by atoms with Crippen molar-refractivity contribution in [1.29, 1.82) is 0 Å². The number of hydrogen-bond donors (Lipinski definition) is 0. The van der Waals surface area contributed by atoms with Crippen LogP contribution in [0.15, 0.2) is 17.1 Å². The second-order valence-electron chi connectivity index (χ2n) is 0.929. The van der Waals surface area contributed by atoms with E-state index in [1.54, 1.807) is 12.2 Å². The SMILES string of the molecule is CC=CC=NC=O. The molecule has 0 atom stereocenters. The summed E-state index contributed by atoms with van der Waals surface area (Å²) in [5.41, 5.74) is 0. The lowest BCUT2D eigenvalue weighted by Gasteiger charge is -1.63. The van der Waals surface area contributed by atoms with Crippen molar-refractivity contribution in [2.45, 2.75) is 6.92 Å². The first-order valence-electron chi connectivity index (χ1n) is 2.00. The summed E-state index contributed by atoms with van der Waals surface area (Å²) in [7, 11) is 0. The summed E-state index contributed by atoms with van der Waals surface area (Å²) in [5, 5.41) is 0. The summed E-state index contributed by atoms with van der Waals surface area (Å²) in [6, 6.07) is 0. The molecule has 0 saturated carbocycles. The fourth-order valence-corrected chi connectivity index (χ4v) is 0.171. The van der Waals surface area contributed by atoms with Crippen molar-refractivity contribution >= 4 is 12.6 Å². The van der Waals surface area contributed by atoms with Crippen molar-refractivity contribution in [2.75, 3.05) is 0 Å². The van der Waals surface area contributed by atoms with E-state index in [4.69, 9.17) is 0 Å². The van der Waals surface area contributed by atoms with Crippen LogP contribution in [0.2, 0.25) is 0 Å². The van der Waals surface area contributed by atoms with Gasteiger partial charge in [-0.1, -0.05) is 6.08 Å². The van der Waals surface area contributed by atoms with Gasteiger partial charge in [-0.3, -0.25) is 4.79 Å². The Morgan fingerprint density at radius 1 is 1.57 bits per heavy atom. The molecule has 0 aliphatic rings. The lowest BCUT2D eigenvalue weighted by Crippen LogP contribution is -1.62. The van der Waals surface area contributed by atoms with Gasteiger partial charge in [0, 0.05) is 6.21 Å². The highest BCUT2D eigenvalue weighted by atomic mass is 16.1. The molecule has 0 heterocycles. The van der Waals surface area contributed by atoms with Crippen molar-refractivity contribution in [3.05, 3.63) is 12.2 Å². The average molecular weight is 97.1 g/mol. The first-order valence-corrected chi connectivity index (χ1v) is 2.00. The van der Waals surface area contributed by atoms with E-state index < -0.39 is 0 Å². The molecule has 0 aliphatic carbocycles. The van der Waals surface area contributed by atoms with Gasteiger partial charge in [0.25, 0.3) is 0 Å². The van der Waals surface area contributed by atoms with Crippen LogP contribution >= 0.6 is 0 Å². The van der Waals surface area contributed by atoms with Crippen LogP contribution in [0.25, 0.3) is 0 Å². The zero-order valence-corrected chi connectivity index (χ0v) is 4.16. The maximum atomic E-state index is 9.45. The Morgan fingerprint density at radius 3 is 2.71 bits per heavy atom. The van der Waals surface area contributed by atoms with Crippen LogP contribution in [0.5, 0.6) is 0 Å². The highest BCUT2D eigenvalue weighted by Crippen LogP contribution is 1.61. The van der Waals surface area contributed by atoms with Gasteiger partial charge in [-0.2, -0.15) is 0 Å². The van der Waals surface area contributed by atoms with Gasteiger partial charge in [-0.25, -0.2) is 4.99 Å². The third kappa shape index (κ3) is 5.08. The number of aliphatic imine (C=N–C) groups is 1. The quantitative estimate of drug-likeness (QED) is 0.370. The van der Waals surface area contributed by atoms with E-state index in [1.165, 1.54) is 6.21 Å². The number of nitrogens with zero attached hydrogens (tertiary/aromatic N) is 1. The van der Waals surface area contributed by atoms with Gasteiger partial charge < -0.3 is 0 Å². The van der Waals surface area contributed by atoms with Crippen LogP contribution in [-0.2, 0) is 4.79 Å². The fourth-order valence-electron chi connectivity index (χ4n) is 0.171. The Labute approximate surface area is 42.6 Å². The van der Waals surface area contributed by atoms with Gasteiger partial charge in [0.05, 0.1) is 0 Å². The molecule has 0 radical (unpaired) electrons. The largest absolute Gasteiger partial charge is 0.276 e. The van der Waals surface area contributed by atoms with E-state index >= 15 is 0 Å². The molecule has 0 bridgehead atoms. The molecule has 2 nitrogen and oxygen atoms in total. The standard InChI is InChI=1S/C5H7NO/c1-2-3-4-6-5-7/h2-5H,1H3. The van der Waals surface area contributed by atoms with Crippen LogP contribution in [0.3, 0.4) is 0 Å². The van der Waals surface area contributed by atoms with E-state index in [-0.39, 0.29) is 0 Å². The van der Waals surface area contributed by atoms with Crippen molar-refractivity contribution in [1.82, 2.24) is 0 Å². The molecular weight excluding hydrogens is 90.1 g/mol. The van der Waals surface area contributed by atoms with Crippen molar-refractivity contribution in [3.8, 4) is 0 Å². The van der Waals surface area contributed by atoms with Gasteiger partial charge in [-0.05, 0) is 13.0 Å². The molecule has 0 saturated heterocycles. The van der Waals surface area contributed by atoms with Crippen LogP contribution < -0.4 is 0 Å². The molecule has 2 heteroatoms. The van der Waals surface area contributed by atoms with E-state index in [9.17, 15) is 4.79 Å². The van der Waals surface area contributed by atoms with Crippen LogP contribution in [0.4, 0.5) is 0 Å². The first kappa shape index (κ1) is 6.08. The predicted molar refractivity (Wildman–Crippen MR) is 29.4 cm³/mol. The van der Waals surface area contributed by atoms with Crippen molar-refractivity contribution in [3.63, 3.8) is 0 Å². The first-order chi connectivity index (χ1) is 3.41. The summed E-state index contributed by atoms with van der Waals surface area (Å²) in [6.07, 6.45) is 5.42. The topological polar surface area (TPSA) is 29.4 Å². The number of hydrogen-bond acceptors (Lipinski definition) is 1. The minimum atomic E-state index is 0.500. The molecule has 0 rings (SSSR count). The smallest absolute Gasteiger partial charge is 0.232 e. The highest BCUT2D eigenvalue weighted by molar-refractivity contribution is 5.77. The lowest BCUT2D eigenvalue weighted by atomic mass is 10.6. The number of carbonyl (C=O) groups is 1. The third-order valence-corrected chi connectivity index (χ3v) is 0.425. The second kappa shape index (κ2) is 5.08. The Bertz CT molecular complexity index is 94.3. The number of amides is 1. The summed E-state index contributed by atoms with van der Waals surface area (Å²) in [4.78, 5) is 12.7.